The van der Waals surface area contributed by atoms with Crippen molar-refractivity contribution in [1.82, 2.24) is 5.32 Å². The second-order valence-electron chi connectivity index (χ2n) is 4.29. The molecule has 2 aromatic rings. The normalized spacial score (nSPS) is 10.2. The van der Waals surface area contributed by atoms with Gasteiger partial charge in [-0.05, 0) is 24.3 Å². The number of methoxy groups -OCH3 is 1. The van der Waals surface area contributed by atoms with Crippen molar-refractivity contribution < 1.29 is 13.9 Å². The van der Waals surface area contributed by atoms with Gasteiger partial charge in [-0.15, -0.1) is 0 Å². The molecule has 0 saturated heterocycles. The summed E-state index contributed by atoms with van der Waals surface area (Å²) in [6, 6.07) is 11.0. The Labute approximate surface area is 117 Å². The van der Waals surface area contributed by atoms with Crippen molar-refractivity contribution in [1.29, 1.82) is 0 Å². The summed E-state index contributed by atoms with van der Waals surface area (Å²) in [4.78, 5) is 11.7. The fourth-order valence-corrected chi connectivity index (χ4v) is 1.77. The van der Waals surface area contributed by atoms with E-state index >= 15 is 0 Å². The van der Waals surface area contributed by atoms with Crippen molar-refractivity contribution >= 4 is 11.6 Å². The van der Waals surface area contributed by atoms with Crippen LogP contribution in [0.25, 0.3) is 0 Å². The minimum atomic E-state index is -0.0855. The molecular formula is C15H18N2O3. The maximum Gasteiger partial charge on any atom is 0.238 e. The van der Waals surface area contributed by atoms with Gasteiger partial charge >= 0.3 is 0 Å². The smallest absolute Gasteiger partial charge is 0.238 e. The standard InChI is InChI=1S/C15H18N2O3/c1-19-14-5-2-4-12(10-14)17-15(18)11-16-8-7-13-6-3-9-20-13/h2-6,9-10,16H,7-8,11H2,1H3,(H,17,18). The van der Waals surface area contributed by atoms with E-state index in [0.717, 1.165) is 17.9 Å². The number of carbonyl (C=O) groups is 1. The molecule has 1 amide bonds. The first kappa shape index (κ1) is 14.1. The Bertz CT molecular complexity index is 538. The first-order valence-electron chi connectivity index (χ1n) is 6.45. The predicted molar refractivity (Wildman–Crippen MR) is 76.9 cm³/mol. The number of hydrogen-bond acceptors (Lipinski definition) is 4. The Morgan fingerprint density at radius 3 is 2.95 bits per heavy atom. The molecule has 0 atom stereocenters. The highest BCUT2D eigenvalue weighted by Gasteiger charge is 2.03. The molecule has 0 spiro atoms. The molecule has 0 aliphatic heterocycles. The summed E-state index contributed by atoms with van der Waals surface area (Å²) in [6.07, 6.45) is 2.41. The van der Waals surface area contributed by atoms with Crippen molar-refractivity contribution in [2.45, 2.75) is 6.42 Å². The van der Waals surface area contributed by atoms with E-state index in [-0.39, 0.29) is 12.5 Å². The molecule has 1 heterocycles. The summed E-state index contributed by atoms with van der Waals surface area (Å²) in [5.74, 6) is 1.54. The number of furan rings is 1. The van der Waals surface area contributed by atoms with Crippen LogP contribution in [0, 0.1) is 0 Å². The van der Waals surface area contributed by atoms with Crippen LogP contribution in [0.4, 0.5) is 5.69 Å². The zero-order valence-electron chi connectivity index (χ0n) is 11.4. The molecule has 0 bridgehead atoms. The highest BCUT2D eigenvalue weighted by molar-refractivity contribution is 5.92. The van der Waals surface area contributed by atoms with Crippen LogP contribution in [0.15, 0.2) is 47.1 Å². The number of rotatable bonds is 7. The summed E-state index contributed by atoms with van der Waals surface area (Å²) in [7, 11) is 1.59. The molecule has 1 aromatic heterocycles. The molecule has 0 fully saturated rings. The zero-order chi connectivity index (χ0) is 14.2. The minimum absolute atomic E-state index is 0.0855. The first-order chi connectivity index (χ1) is 9.78. The lowest BCUT2D eigenvalue weighted by atomic mass is 10.3. The quantitative estimate of drug-likeness (QED) is 0.759. The van der Waals surface area contributed by atoms with Crippen LogP contribution in [0.2, 0.25) is 0 Å². The van der Waals surface area contributed by atoms with Crippen molar-refractivity contribution in [3.8, 4) is 5.75 Å². The monoisotopic (exact) mass is 274 g/mol. The predicted octanol–water partition coefficient (Wildman–Crippen LogP) is 2.06. The van der Waals surface area contributed by atoms with Crippen molar-refractivity contribution in [2.75, 3.05) is 25.5 Å². The van der Waals surface area contributed by atoms with E-state index in [0.29, 0.717) is 12.3 Å². The van der Waals surface area contributed by atoms with Gasteiger partial charge in [0, 0.05) is 24.7 Å². The molecule has 106 valence electrons. The second kappa shape index (κ2) is 7.35. The third-order valence-corrected chi connectivity index (χ3v) is 2.77. The number of anilines is 1. The van der Waals surface area contributed by atoms with Crippen molar-refractivity contribution in [2.24, 2.45) is 0 Å². The lowest BCUT2D eigenvalue weighted by molar-refractivity contribution is -0.115. The number of nitrogens with one attached hydrogen (secondary N) is 2. The topological polar surface area (TPSA) is 63.5 Å². The van der Waals surface area contributed by atoms with E-state index in [4.69, 9.17) is 9.15 Å². The average molecular weight is 274 g/mol. The van der Waals surface area contributed by atoms with Crippen LogP contribution >= 0.6 is 0 Å². The van der Waals surface area contributed by atoms with Crippen LogP contribution in [-0.4, -0.2) is 26.1 Å². The Hall–Kier alpha value is -2.27. The van der Waals surface area contributed by atoms with Crippen LogP contribution in [-0.2, 0) is 11.2 Å². The van der Waals surface area contributed by atoms with E-state index < -0.39 is 0 Å². The van der Waals surface area contributed by atoms with Crippen molar-refractivity contribution in [3.05, 3.63) is 48.4 Å². The lowest BCUT2D eigenvalue weighted by Crippen LogP contribution is -2.29. The van der Waals surface area contributed by atoms with Crippen LogP contribution in [0.3, 0.4) is 0 Å². The maximum absolute atomic E-state index is 11.7. The van der Waals surface area contributed by atoms with Gasteiger partial charge in [0.1, 0.15) is 11.5 Å². The van der Waals surface area contributed by atoms with Crippen molar-refractivity contribution in [3.63, 3.8) is 0 Å². The third-order valence-electron chi connectivity index (χ3n) is 2.77. The molecule has 0 radical (unpaired) electrons. The Kier molecular flexibility index (Phi) is 5.20. The summed E-state index contributed by atoms with van der Waals surface area (Å²) in [5, 5.41) is 5.87. The van der Waals surface area contributed by atoms with Gasteiger partial charge in [-0.3, -0.25) is 4.79 Å². The van der Waals surface area contributed by atoms with Gasteiger partial charge in [0.25, 0.3) is 0 Å². The fourth-order valence-electron chi connectivity index (χ4n) is 1.77. The van der Waals surface area contributed by atoms with Crippen LogP contribution in [0.1, 0.15) is 5.76 Å². The third kappa shape index (κ3) is 4.44. The highest BCUT2D eigenvalue weighted by atomic mass is 16.5. The van der Waals surface area contributed by atoms with E-state index in [9.17, 15) is 4.79 Å². The van der Waals surface area contributed by atoms with E-state index in [1.165, 1.54) is 0 Å². The molecule has 0 aliphatic rings. The number of hydrogen-bond donors (Lipinski definition) is 2. The van der Waals surface area contributed by atoms with Gasteiger partial charge in [0.05, 0.1) is 19.9 Å². The number of benzene rings is 1. The molecule has 0 saturated carbocycles. The lowest BCUT2D eigenvalue weighted by Gasteiger charge is -2.07. The van der Waals surface area contributed by atoms with Gasteiger partial charge in [0.15, 0.2) is 0 Å². The summed E-state index contributed by atoms with van der Waals surface area (Å²) < 4.78 is 10.3. The summed E-state index contributed by atoms with van der Waals surface area (Å²) in [6.45, 7) is 0.955. The molecule has 0 unspecified atom stereocenters. The molecule has 1 aromatic carbocycles. The molecule has 0 aliphatic carbocycles. The SMILES string of the molecule is COc1cccc(NC(=O)CNCCc2ccco2)c1. The van der Waals surface area contributed by atoms with Crippen LogP contribution < -0.4 is 15.4 Å². The maximum atomic E-state index is 11.7. The largest absolute Gasteiger partial charge is 0.497 e. The van der Waals surface area contributed by atoms with E-state index in [1.807, 2.05) is 30.3 Å². The Balaban J connectivity index is 1.69. The number of amides is 1. The summed E-state index contributed by atoms with van der Waals surface area (Å²) in [5.41, 5.74) is 0.724. The molecule has 5 nitrogen and oxygen atoms in total. The van der Waals surface area contributed by atoms with Gasteiger partial charge in [-0.25, -0.2) is 0 Å². The minimum Gasteiger partial charge on any atom is -0.497 e. The van der Waals surface area contributed by atoms with Gasteiger partial charge < -0.3 is 19.8 Å². The molecule has 20 heavy (non-hydrogen) atoms. The molecular weight excluding hydrogens is 256 g/mol. The second-order valence-corrected chi connectivity index (χ2v) is 4.29. The number of carbonyl (C=O) groups excluding carboxylic acids is 1. The van der Waals surface area contributed by atoms with Crippen LogP contribution in [0.5, 0.6) is 5.75 Å². The molecule has 2 rings (SSSR count). The average Bonchev–Trinajstić information content (AvgIpc) is 2.97. The summed E-state index contributed by atoms with van der Waals surface area (Å²) >= 11 is 0. The van der Waals surface area contributed by atoms with E-state index in [2.05, 4.69) is 10.6 Å². The van der Waals surface area contributed by atoms with Gasteiger partial charge in [-0.2, -0.15) is 0 Å². The fraction of sp³-hybridized carbons (Fsp3) is 0.267. The Morgan fingerprint density at radius 1 is 1.30 bits per heavy atom. The first-order valence-corrected chi connectivity index (χ1v) is 6.45. The zero-order valence-corrected chi connectivity index (χ0v) is 11.4. The molecule has 5 heteroatoms. The van der Waals surface area contributed by atoms with Gasteiger partial charge in [0.2, 0.25) is 5.91 Å². The van der Waals surface area contributed by atoms with Gasteiger partial charge in [-0.1, -0.05) is 6.07 Å². The molecule has 2 N–H and O–H groups in total. The highest BCUT2D eigenvalue weighted by Crippen LogP contribution is 2.16. The van der Waals surface area contributed by atoms with E-state index in [1.54, 1.807) is 19.4 Å². The Morgan fingerprint density at radius 2 is 2.20 bits per heavy atom. The number of ether oxygens (including phenoxy) is 1.